The van der Waals surface area contributed by atoms with Gasteiger partial charge in [-0.2, -0.15) is 23.5 Å². The summed E-state index contributed by atoms with van der Waals surface area (Å²) in [6.07, 6.45) is -2.58. The van der Waals surface area contributed by atoms with Crippen LogP contribution in [0.4, 0.5) is 28.9 Å². The molecule has 2 amide bonds. The van der Waals surface area contributed by atoms with Gasteiger partial charge in [-0.3, -0.25) is 19.2 Å². The van der Waals surface area contributed by atoms with Gasteiger partial charge in [-0.15, -0.1) is 0 Å². The predicted octanol–water partition coefficient (Wildman–Crippen LogP) is 4.05. The molecule has 0 radical (unpaired) electrons. The fourth-order valence-corrected chi connectivity index (χ4v) is 4.97. The van der Waals surface area contributed by atoms with Crippen LogP contribution in [0.3, 0.4) is 0 Å². The van der Waals surface area contributed by atoms with Crippen molar-refractivity contribution in [1.29, 1.82) is 5.26 Å². The third-order valence-electron chi connectivity index (χ3n) is 6.61. The number of anilines is 2. The molecule has 3 aromatic rings. The van der Waals surface area contributed by atoms with Gasteiger partial charge in [0.2, 0.25) is 0 Å². The molecule has 194 valence electrons. The van der Waals surface area contributed by atoms with Gasteiger partial charge in [0.25, 0.3) is 11.8 Å². The van der Waals surface area contributed by atoms with Gasteiger partial charge >= 0.3 is 6.18 Å². The fraction of sp³-hybridized carbons (Fsp3) is 0.240. The Bertz CT molecular complexity index is 1540. The predicted molar refractivity (Wildman–Crippen MR) is 131 cm³/mol. The lowest BCUT2D eigenvalue weighted by atomic mass is 10.1. The molecular weight excluding hydrogens is 524 g/mol. The molecule has 2 heterocycles. The summed E-state index contributed by atoms with van der Waals surface area (Å²) in [5, 5.41) is 15.5. The molecule has 2 aliphatic rings. The van der Waals surface area contributed by atoms with Gasteiger partial charge in [-0.05, 0) is 61.5 Å². The van der Waals surface area contributed by atoms with Crippen molar-refractivity contribution in [3.05, 3.63) is 76.9 Å². The van der Waals surface area contributed by atoms with Crippen molar-refractivity contribution < 1.29 is 27.2 Å². The number of hydrogen-bond acceptors (Lipinski definition) is 5. The molecule has 1 spiro atoms. The van der Waals surface area contributed by atoms with Crippen molar-refractivity contribution in [2.45, 2.75) is 31.1 Å². The first-order valence-electron chi connectivity index (χ1n) is 11.3. The van der Waals surface area contributed by atoms with Crippen LogP contribution in [-0.4, -0.2) is 32.2 Å². The van der Waals surface area contributed by atoms with E-state index < -0.39 is 40.5 Å². The van der Waals surface area contributed by atoms with Crippen LogP contribution in [0.2, 0.25) is 0 Å². The number of carbonyl (C=O) groups is 2. The summed E-state index contributed by atoms with van der Waals surface area (Å²) >= 11 is 5.51. The van der Waals surface area contributed by atoms with E-state index in [2.05, 4.69) is 10.4 Å². The number of aromatic nitrogens is 2. The molecule has 5 rings (SSSR count). The van der Waals surface area contributed by atoms with Crippen molar-refractivity contribution >= 4 is 40.5 Å². The van der Waals surface area contributed by atoms with Crippen LogP contribution in [0.25, 0.3) is 0 Å². The van der Waals surface area contributed by atoms with E-state index in [1.807, 2.05) is 0 Å². The zero-order valence-electron chi connectivity index (χ0n) is 19.7. The molecule has 0 bridgehead atoms. The monoisotopic (exact) mass is 542 g/mol. The highest BCUT2D eigenvalue weighted by Gasteiger charge is 2.64. The quantitative estimate of drug-likeness (QED) is 0.386. The Morgan fingerprint density at radius 2 is 1.89 bits per heavy atom. The van der Waals surface area contributed by atoms with Crippen LogP contribution in [-0.2, 0) is 24.6 Å². The highest BCUT2D eigenvalue weighted by atomic mass is 32.1. The highest BCUT2D eigenvalue weighted by molar-refractivity contribution is 7.81. The number of nitrogens with zero attached hydrogens (tertiary/aromatic N) is 5. The van der Waals surface area contributed by atoms with Crippen LogP contribution >= 0.6 is 12.2 Å². The molecule has 1 aliphatic heterocycles. The highest BCUT2D eigenvalue weighted by Crippen LogP contribution is 2.51. The SMILES string of the molecule is Cn1nccc1C(=O)NCc1ccc(N2C(=S)N(c3ccc(C#N)c(C(F)(F)F)c3)C(=O)C23CC3)cc1F. The number of nitriles is 1. The van der Waals surface area contributed by atoms with Crippen LogP contribution in [0.5, 0.6) is 0 Å². The number of hydrogen-bond donors (Lipinski definition) is 1. The molecule has 1 aliphatic carbocycles. The van der Waals surface area contributed by atoms with Crippen LogP contribution in [0.15, 0.2) is 48.7 Å². The lowest BCUT2D eigenvalue weighted by Crippen LogP contribution is -2.37. The first-order valence-corrected chi connectivity index (χ1v) is 11.7. The number of amides is 2. The van der Waals surface area contributed by atoms with E-state index in [0.29, 0.717) is 18.5 Å². The standard InChI is InChI=1S/C25H18F4N6O2S/c1-33-20(6-9-32-33)21(36)31-13-15-3-5-17(11-19(15)26)35-23(38)34(22(37)24(35)7-8-24)16-4-2-14(12-30)18(10-16)25(27,28)29/h2-6,9-11H,7-8,13H2,1H3,(H,31,36). The summed E-state index contributed by atoms with van der Waals surface area (Å²) < 4.78 is 57.0. The number of carbonyl (C=O) groups excluding carboxylic acids is 2. The Morgan fingerprint density at radius 1 is 1.18 bits per heavy atom. The second-order valence-corrected chi connectivity index (χ2v) is 9.29. The number of rotatable bonds is 5. The average molecular weight is 543 g/mol. The summed E-state index contributed by atoms with van der Waals surface area (Å²) in [6.45, 7) is -0.109. The Hall–Kier alpha value is -4.31. The summed E-state index contributed by atoms with van der Waals surface area (Å²) in [7, 11) is 1.60. The molecule has 1 N–H and O–H groups in total. The molecule has 38 heavy (non-hydrogen) atoms. The number of aryl methyl sites for hydroxylation is 1. The summed E-state index contributed by atoms with van der Waals surface area (Å²) in [6, 6.07) is 10.1. The smallest absolute Gasteiger partial charge is 0.347 e. The minimum Gasteiger partial charge on any atom is -0.347 e. The average Bonchev–Trinajstić information content (AvgIpc) is 3.49. The number of benzene rings is 2. The van der Waals surface area contributed by atoms with E-state index >= 15 is 4.39 Å². The van der Waals surface area contributed by atoms with Gasteiger partial charge < -0.3 is 10.2 Å². The van der Waals surface area contributed by atoms with E-state index in [-0.39, 0.29) is 28.6 Å². The maximum Gasteiger partial charge on any atom is 0.417 e. The van der Waals surface area contributed by atoms with Crippen LogP contribution in [0, 0.1) is 17.1 Å². The summed E-state index contributed by atoms with van der Waals surface area (Å²) in [5.41, 5.74) is -2.27. The molecular formula is C25H18F4N6O2S. The van der Waals surface area contributed by atoms with Gasteiger partial charge in [0.05, 0.1) is 22.9 Å². The number of nitrogens with one attached hydrogen (secondary N) is 1. The van der Waals surface area contributed by atoms with E-state index in [0.717, 1.165) is 17.0 Å². The molecule has 8 nitrogen and oxygen atoms in total. The van der Waals surface area contributed by atoms with Crippen molar-refractivity contribution in [1.82, 2.24) is 15.1 Å². The largest absolute Gasteiger partial charge is 0.417 e. The van der Waals surface area contributed by atoms with Crippen molar-refractivity contribution in [2.24, 2.45) is 7.05 Å². The second-order valence-electron chi connectivity index (χ2n) is 8.93. The van der Waals surface area contributed by atoms with Gasteiger partial charge in [0.1, 0.15) is 17.1 Å². The maximum atomic E-state index is 15.1. The number of halogens is 4. The Morgan fingerprint density at radius 3 is 2.47 bits per heavy atom. The molecule has 1 saturated heterocycles. The normalized spacial score (nSPS) is 16.2. The van der Waals surface area contributed by atoms with E-state index in [1.54, 1.807) is 7.05 Å². The van der Waals surface area contributed by atoms with Crippen molar-refractivity contribution in [3.8, 4) is 6.07 Å². The van der Waals surface area contributed by atoms with E-state index in [1.165, 1.54) is 52.2 Å². The topological polar surface area (TPSA) is 94.3 Å². The van der Waals surface area contributed by atoms with Crippen LogP contribution < -0.4 is 15.1 Å². The fourth-order valence-electron chi connectivity index (χ4n) is 4.50. The maximum absolute atomic E-state index is 15.1. The Labute approximate surface area is 219 Å². The van der Waals surface area contributed by atoms with Crippen molar-refractivity contribution in [2.75, 3.05) is 9.80 Å². The van der Waals surface area contributed by atoms with Gasteiger partial charge in [0, 0.05) is 31.0 Å². The number of thiocarbonyl (C=S) groups is 1. The third-order valence-corrected chi connectivity index (χ3v) is 6.98. The number of alkyl halides is 3. The first-order chi connectivity index (χ1) is 18.0. The molecule has 0 atom stereocenters. The lowest BCUT2D eigenvalue weighted by molar-refractivity contribution is -0.137. The molecule has 1 aromatic heterocycles. The molecule has 0 unspecified atom stereocenters. The third kappa shape index (κ3) is 4.06. The van der Waals surface area contributed by atoms with E-state index in [4.69, 9.17) is 17.5 Å². The lowest BCUT2D eigenvalue weighted by Gasteiger charge is -2.24. The van der Waals surface area contributed by atoms with Crippen molar-refractivity contribution in [3.63, 3.8) is 0 Å². The van der Waals surface area contributed by atoms with Crippen LogP contribution in [0.1, 0.15) is 40.0 Å². The molecule has 2 fully saturated rings. The zero-order chi connectivity index (χ0) is 27.4. The van der Waals surface area contributed by atoms with Gasteiger partial charge in [-0.1, -0.05) is 6.07 Å². The van der Waals surface area contributed by atoms with Gasteiger partial charge in [0.15, 0.2) is 5.11 Å². The Kier molecular flexibility index (Phi) is 5.94. The summed E-state index contributed by atoms with van der Waals surface area (Å²) in [5.74, 6) is -1.61. The molecule has 13 heteroatoms. The zero-order valence-corrected chi connectivity index (χ0v) is 20.5. The molecule has 2 aromatic carbocycles. The minimum absolute atomic E-state index is 0.0954. The molecule has 1 saturated carbocycles. The van der Waals surface area contributed by atoms with Gasteiger partial charge in [-0.25, -0.2) is 4.39 Å². The Balaban J connectivity index is 1.42. The second kappa shape index (κ2) is 8.91. The van der Waals surface area contributed by atoms with E-state index in [9.17, 15) is 22.8 Å². The first kappa shape index (κ1) is 25.3. The minimum atomic E-state index is -4.81. The summed E-state index contributed by atoms with van der Waals surface area (Å²) in [4.78, 5) is 28.1.